The quantitative estimate of drug-likeness (QED) is 0.861. The van der Waals surface area contributed by atoms with Crippen LogP contribution >= 0.6 is 0 Å². The Morgan fingerprint density at radius 2 is 1.86 bits per heavy atom. The van der Waals surface area contributed by atoms with Gasteiger partial charge in [-0.05, 0) is 38.5 Å². The van der Waals surface area contributed by atoms with E-state index in [1.54, 1.807) is 0 Å². The average molecular weight is 294 g/mol. The largest absolute Gasteiger partial charge is 0.377 e. The van der Waals surface area contributed by atoms with Gasteiger partial charge < -0.3 is 10.1 Å². The monoisotopic (exact) mass is 294 g/mol. The second kappa shape index (κ2) is 6.55. The van der Waals surface area contributed by atoms with E-state index in [1.165, 1.54) is 70.9 Å². The molecule has 0 aromatic carbocycles. The Balaban J connectivity index is 1.73. The highest BCUT2D eigenvalue weighted by atomic mass is 16.5. The first-order chi connectivity index (χ1) is 10.2. The van der Waals surface area contributed by atoms with Gasteiger partial charge in [0, 0.05) is 37.3 Å². The highest BCUT2D eigenvalue weighted by Gasteiger charge is 2.46. The Bertz CT molecular complexity index is 328. The van der Waals surface area contributed by atoms with Gasteiger partial charge in [0.2, 0.25) is 0 Å². The summed E-state index contributed by atoms with van der Waals surface area (Å²) in [7, 11) is 0. The minimum absolute atomic E-state index is 0.356. The summed E-state index contributed by atoms with van der Waals surface area (Å²) in [5.41, 5.74) is 0.763. The van der Waals surface area contributed by atoms with Crippen LogP contribution in [0.3, 0.4) is 0 Å². The molecule has 1 spiro atoms. The van der Waals surface area contributed by atoms with E-state index in [4.69, 9.17) is 4.74 Å². The van der Waals surface area contributed by atoms with E-state index in [-0.39, 0.29) is 0 Å². The SMILES string of the molecule is CCC1(CC)CNC2(CCCCC2)CN1CC1CCCO1. The van der Waals surface area contributed by atoms with Crippen molar-refractivity contribution >= 4 is 0 Å². The summed E-state index contributed by atoms with van der Waals surface area (Å²) in [6.07, 6.45) is 12.5. The molecule has 2 heterocycles. The maximum Gasteiger partial charge on any atom is 0.0703 e. The predicted octanol–water partition coefficient (Wildman–Crippen LogP) is 3.33. The predicted molar refractivity (Wildman–Crippen MR) is 87.7 cm³/mol. The van der Waals surface area contributed by atoms with Crippen molar-refractivity contribution in [1.29, 1.82) is 0 Å². The van der Waals surface area contributed by atoms with Gasteiger partial charge in [0.15, 0.2) is 0 Å². The lowest BCUT2D eigenvalue weighted by Gasteiger charge is -2.56. The van der Waals surface area contributed by atoms with E-state index >= 15 is 0 Å². The van der Waals surface area contributed by atoms with Crippen LogP contribution in [0.5, 0.6) is 0 Å². The highest BCUT2D eigenvalue weighted by molar-refractivity contribution is 5.06. The van der Waals surface area contributed by atoms with Crippen molar-refractivity contribution in [3.63, 3.8) is 0 Å². The molecule has 2 aliphatic heterocycles. The van der Waals surface area contributed by atoms with E-state index < -0.39 is 0 Å². The topological polar surface area (TPSA) is 24.5 Å². The number of ether oxygens (including phenoxy) is 1. The van der Waals surface area contributed by atoms with Crippen molar-refractivity contribution in [3.8, 4) is 0 Å². The maximum atomic E-state index is 5.95. The van der Waals surface area contributed by atoms with Gasteiger partial charge in [-0.1, -0.05) is 33.1 Å². The number of nitrogens with one attached hydrogen (secondary N) is 1. The van der Waals surface area contributed by atoms with Gasteiger partial charge in [-0.25, -0.2) is 0 Å². The van der Waals surface area contributed by atoms with Crippen LogP contribution in [-0.4, -0.2) is 48.3 Å². The smallest absolute Gasteiger partial charge is 0.0703 e. The third-order valence-electron chi connectivity index (χ3n) is 6.53. The summed E-state index contributed by atoms with van der Waals surface area (Å²) in [6, 6.07) is 0. The third-order valence-corrected chi connectivity index (χ3v) is 6.53. The molecule has 0 aromatic rings. The third kappa shape index (κ3) is 3.16. The number of rotatable bonds is 4. The molecule has 3 heteroatoms. The van der Waals surface area contributed by atoms with E-state index in [0.717, 1.165) is 13.2 Å². The van der Waals surface area contributed by atoms with E-state index in [0.29, 0.717) is 17.2 Å². The van der Waals surface area contributed by atoms with Gasteiger partial charge in [0.1, 0.15) is 0 Å². The molecule has 3 fully saturated rings. The first kappa shape index (κ1) is 15.8. The molecule has 0 radical (unpaired) electrons. The molecule has 2 saturated heterocycles. The van der Waals surface area contributed by atoms with Crippen LogP contribution < -0.4 is 5.32 Å². The summed E-state index contributed by atoms with van der Waals surface area (Å²) < 4.78 is 5.95. The molecule has 21 heavy (non-hydrogen) atoms. The molecule has 122 valence electrons. The molecule has 1 atom stereocenters. The Labute approximate surface area is 130 Å². The standard InChI is InChI=1S/C18H34N2O/c1-3-18(4-2)14-19-17(10-6-5-7-11-17)15-20(18)13-16-9-8-12-21-16/h16,19H,3-15H2,1-2H3. The van der Waals surface area contributed by atoms with E-state index in [9.17, 15) is 0 Å². The molecule has 1 saturated carbocycles. The van der Waals surface area contributed by atoms with Crippen LogP contribution in [0.15, 0.2) is 0 Å². The van der Waals surface area contributed by atoms with Gasteiger partial charge in [-0.3, -0.25) is 4.90 Å². The van der Waals surface area contributed by atoms with Gasteiger partial charge in [0.05, 0.1) is 6.10 Å². The average Bonchev–Trinajstić information content (AvgIpc) is 3.02. The first-order valence-electron chi connectivity index (χ1n) is 9.34. The van der Waals surface area contributed by atoms with Crippen LogP contribution in [0.25, 0.3) is 0 Å². The fourth-order valence-electron chi connectivity index (χ4n) is 4.86. The van der Waals surface area contributed by atoms with Crippen molar-refractivity contribution in [2.45, 2.75) is 88.8 Å². The molecule has 1 unspecified atom stereocenters. The van der Waals surface area contributed by atoms with Gasteiger partial charge in [0.25, 0.3) is 0 Å². The molecule has 1 aliphatic carbocycles. The summed E-state index contributed by atoms with van der Waals surface area (Å²) in [5.74, 6) is 0. The molecule has 0 bridgehead atoms. The van der Waals surface area contributed by atoms with Crippen molar-refractivity contribution in [1.82, 2.24) is 10.2 Å². The van der Waals surface area contributed by atoms with Crippen LogP contribution in [0.1, 0.15) is 71.6 Å². The van der Waals surface area contributed by atoms with Crippen molar-refractivity contribution in [2.75, 3.05) is 26.2 Å². The number of hydrogen-bond acceptors (Lipinski definition) is 3. The Morgan fingerprint density at radius 3 is 2.48 bits per heavy atom. The second-order valence-corrected chi connectivity index (χ2v) is 7.64. The summed E-state index contributed by atoms with van der Waals surface area (Å²) in [4.78, 5) is 2.82. The van der Waals surface area contributed by atoms with E-state index in [2.05, 4.69) is 24.1 Å². The molecular weight excluding hydrogens is 260 g/mol. The summed E-state index contributed by atoms with van der Waals surface area (Å²) in [5, 5.41) is 4.00. The van der Waals surface area contributed by atoms with Crippen LogP contribution in [-0.2, 0) is 4.74 Å². The molecule has 3 aliphatic rings. The minimum Gasteiger partial charge on any atom is -0.377 e. The van der Waals surface area contributed by atoms with Crippen LogP contribution in [0, 0.1) is 0 Å². The normalized spacial score (nSPS) is 32.6. The second-order valence-electron chi connectivity index (χ2n) is 7.64. The Morgan fingerprint density at radius 1 is 1.10 bits per heavy atom. The van der Waals surface area contributed by atoms with Crippen LogP contribution in [0.2, 0.25) is 0 Å². The number of piperazine rings is 1. The molecule has 0 amide bonds. The molecule has 1 N–H and O–H groups in total. The number of hydrogen-bond donors (Lipinski definition) is 1. The van der Waals surface area contributed by atoms with Crippen LogP contribution in [0.4, 0.5) is 0 Å². The van der Waals surface area contributed by atoms with Crippen molar-refractivity contribution in [2.24, 2.45) is 0 Å². The summed E-state index contributed by atoms with van der Waals surface area (Å²) >= 11 is 0. The zero-order valence-electron chi connectivity index (χ0n) is 14.1. The lowest BCUT2D eigenvalue weighted by atomic mass is 9.75. The Hall–Kier alpha value is -0.120. The van der Waals surface area contributed by atoms with Gasteiger partial charge in [-0.15, -0.1) is 0 Å². The fourth-order valence-corrected chi connectivity index (χ4v) is 4.86. The lowest BCUT2D eigenvalue weighted by Crippen LogP contribution is -2.70. The highest BCUT2D eigenvalue weighted by Crippen LogP contribution is 2.37. The minimum atomic E-state index is 0.356. The molecule has 3 rings (SSSR count). The maximum absolute atomic E-state index is 5.95. The lowest BCUT2D eigenvalue weighted by molar-refractivity contribution is -0.0427. The van der Waals surface area contributed by atoms with Gasteiger partial charge in [-0.2, -0.15) is 0 Å². The Kier molecular flexibility index (Phi) is 4.92. The van der Waals surface area contributed by atoms with Gasteiger partial charge >= 0.3 is 0 Å². The first-order valence-corrected chi connectivity index (χ1v) is 9.34. The fraction of sp³-hybridized carbons (Fsp3) is 1.00. The van der Waals surface area contributed by atoms with Crippen molar-refractivity contribution in [3.05, 3.63) is 0 Å². The molecule has 3 nitrogen and oxygen atoms in total. The summed E-state index contributed by atoms with van der Waals surface area (Å²) in [6.45, 7) is 9.29. The molecular formula is C18H34N2O. The zero-order chi connectivity index (χ0) is 14.8. The van der Waals surface area contributed by atoms with E-state index in [1.807, 2.05) is 0 Å². The molecule has 0 aromatic heterocycles. The zero-order valence-corrected chi connectivity index (χ0v) is 14.1. The van der Waals surface area contributed by atoms with Crippen molar-refractivity contribution < 1.29 is 4.74 Å². The number of nitrogens with zero attached hydrogens (tertiary/aromatic N) is 1.